The first-order chi connectivity index (χ1) is 17.2. The number of esters is 1. The number of hydrogen-bond acceptors (Lipinski definition) is 7. The summed E-state index contributed by atoms with van der Waals surface area (Å²) >= 11 is 0. The van der Waals surface area contributed by atoms with E-state index in [1.165, 1.54) is 27.9 Å². The van der Waals surface area contributed by atoms with Gasteiger partial charge in [-0.05, 0) is 52.1 Å². The Hall–Kier alpha value is -2.98. The van der Waals surface area contributed by atoms with Crippen LogP contribution in [0.2, 0.25) is 0 Å². The number of benzene rings is 1. The van der Waals surface area contributed by atoms with Crippen molar-refractivity contribution >= 4 is 23.7 Å². The Bertz CT molecular complexity index is 900. The summed E-state index contributed by atoms with van der Waals surface area (Å²) in [6.07, 6.45) is 1.20. The number of carbonyl (C=O) groups excluding carboxylic acids is 4. The Morgan fingerprint density at radius 1 is 1.05 bits per heavy atom. The highest BCUT2D eigenvalue weighted by molar-refractivity contribution is 5.90. The molecule has 1 aromatic carbocycles. The van der Waals surface area contributed by atoms with Crippen LogP contribution >= 0.6 is 0 Å². The fourth-order valence-electron chi connectivity index (χ4n) is 4.07. The average Bonchev–Trinajstić information content (AvgIpc) is 2.79. The molecule has 0 aromatic heterocycles. The topological polar surface area (TPSA) is 128 Å². The average molecular weight is 521 g/mol. The quantitative estimate of drug-likeness (QED) is 0.312. The van der Waals surface area contributed by atoms with Crippen molar-refractivity contribution in [2.24, 2.45) is 5.92 Å². The molecule has 1 aromatic rings. The standard InChI is InChI=1S/C27H44N4O6/c1-18(2)14-21(28-6)25(34)31(8)24(27(4,5)36)26(35)37-17-23(33)30(7)16-22(32)29-19(3)15-20-12-10-9-11-13-20/h9-13,18-19,21,24,28,36H,14-17H2,1-8H3,(H,29,32). The lowest BCUT2D eigenvalue weighted by Crippen LogP contribution is -2.59. The Kier molecular flexibility index (Phi) is 12.7. The van der Waals surface area contributed by atoms with Crippen LogP contribution in [-0.4, -0.2) is 96.6 Å². The van der Waals surface area contributed by atoms with Crippen LogP contribution in [0.25, 0.3) is 0 Å². The van der Waals surface area contributed by atoms with Crippen molar-refractivity contribution in [3.05, 3.63) is 35.9 Å². The summed E-state index contributed by atoms with van der Waals surface area (Å²) in [6, 6.07) is 7.72. The van der Waals surface area contributed by atoms with Gasteiger partial charge in [-0.15, -0.1) is 0 Å². The van der Waals surface area contributed by atoms with E-state index >= 15 is 0 Å². The first-order valence-corrected chi connectivity index (χ1v) is 12.6. The van der Waals surface area contributed by atoms with E-state index in [9.17, 15) is 24.3 Å². The molecule has 0 aliphatic carbocycles. The maximum Gasteiger partial charge on any atom is 0.332 e. The third kappa shape index (κ3) is 10.9. The van der Waals surface area contributed by atoms with E-state index in [2.05, 4.69) is 10.6 Å². The zero-order valence-corrected chi connectivity index (χ0v) is 23.4. The zero-order chi connectivity index (χ0) is 28.3. The molecule has 0 heterocycles. The first kappa shape index (κ1) is 32.0. The smallest absolute Gasteiger partial charge is 0.332 e. The molecule has 0 bridgehead atoms. The molecule has 0 saturated carbocycles. The van der Waals surface area contributed by atoms with E-state index in [-0.39, 0.29) is 30.3 Å². The number of nitrogens with one attached hydrogen (secondary N) is 2. The van der Waals surface area contributed by atoms with E-state index in [0.29, 0.717) is 12.8 Å². The van der Waals surface area contributed by atoms with Crippen LogP contribution in [0.15, 0.2) is 30.3 Å². The van der Waals surface area contributed by atoms with Gasteiger partial charge >= 0.3 is 5.97 Å². The molecule has 0 aliphatic heterocycles. The molecule has 208 valence electrons. The molecule has 1 rings (SSSR count). The number of nitrogens with zero attached hydrogens (tertiary/aromatic N) is 2. The maximum absolute atomic E-state index is 13.0. The minimum absolute atomic E-state index is 0.131. The lowest BCUT2D eigenvalue weighted by molar-refractivity contribution is -0.167. The van der Waals surface area contributed by atoms with E-state index < -0.39 is 36.2 Å². The number of amides is 3. The summed E-state index contributed by atoms with van der Waals surface area (Å²) in [5, 5.41) is 16.4. The molecular weight excluding hydrogens is 476 g/mol. The lowest BCUT2D eigenvalue weighted by atomic mass is 9.95. The minimum atomic E-state index is -1.62. The van der Waals surface area contributed by atoms with Crippen molar-refractivity contribution in [3.8, 4) is 0 Å². The van der Waals surface area contributed by atoms with E-state index in [1.807, 2.05) is 51.1 Å². The van der Waals surface area contributed by atoms with Crippen LogP contribution in [-0.2, 0) is 30.3 Å². The highest BCUT2D eigenvalue weighted by Gasteiger charge is 2.42. The third-order valence-corrected chi connectivity index (χ3v) is 5.92. The van der Waals surface area contributed by atoms with Gasteiger partial charge in [-0.2, -0.15) is 0 Å². The monoisotopic (exact) mass is 520 g/mol. The fourth-order valence-corrected chi connectivity index (χ4v) is 4.07. The Labute approximate surface area is 220 Å². The molecule has 3 amide bonds. The predicted octanol–water partition coefficient (Wildman–Crippen LogP) is 0.967. The zero-order valence-electron chi connectivity index (χ0n) is 23.4. The summed E-state index contributed by atoms with van der Waals surface area (Å²) in [5.41, 5.74) is -0.539. The van der Waals surface area contributed by atoms with Crippen LogP contribution in [0.3, 0.4) is 0 Å². The summed E-state index contributed by atoms with van der Waals surface area (Å²) in [6.45, 7) is 7.79. The van der Waals surface area contributed by atoms with Gasteiger partial charge in [-0.3, -0.25) is 14.4 Å². The highest BCUT2D eigenvalue weighted by Crippen LogP contribution is 2.19. The van der Waals surface area contributed by atoms with Crippen LogP contribution in [0.4, 0.5) is 0 Å². The summed E-state index contributed by atoms with van der Waals surface area (Å²) < 4.78 is 5.18. The molecule has 0 spiro atoms. The number of rotatable bonds is 14. The predicted molar refractivity (Wildman–Crippen MR) is 142 cm³/mol. The van der Waals surface area contributed by atoms with Gasteiger partial charge in [-0.1, -0.05) is 44.2 Å². The molecule has 0 fully saturated rings. The van der Waals surface area contributed by atoms with Crippen LogP contribution < -0.4 is 10.6 Å². The van der Waals surface area contributed by atoms with Crippen molar-refractivity contribution in [1.82, 2.24) is 20.4 Å². The van der Waals surface area contributed by atoms with Crippen molar-refractivity contribution in [2.75, 3.05) is 34.3 Å². The molecule has 0 aliphatic rings. The Balaban J connectivity index is 2.69. The van der Waals surface area contributed by atoms with Crippen molar-refractivity contribution < 1.29 is 29.0 Å². The Morgan fingerprint density at radius 2 is 1.65 bits per heavy atom. The highest BCUT2D eigenvalue weighted by atomic mass is 16.5. The largest absolute Gasteiger partial charge is 0.454 e. The molecule has 10 heteroatoms. The summed E-state index contributed by atoms with van der Waals surface area (Å²) in [7, 11) is 4.51. The van der Waals surface area contributed by atoms with Crippen molar-refractivity contribution in [2.45, 2.75) is 71.2 Å². The summed E-state index contributed by atoms with van der Waals surface area (Å²) in [5.74, 6) is -1.98. The maximum atomic E-state index is 13.0. The van der Waals surface area contributed by atoms with Gasteiger partial charge in [0, 0.05) is 20.1 Å². The van der Waals surface area contributed by atoms with Gasteiger partial charge in [-0.25, -0.2) is 4.79 Å². The second kappa shape index (κ2) is 14.7. The van der Waals surface area contributed by atoms with Crippen molar-refractivity contribution in [3.63, 3.8) is 0 Å². The van der Waals surface area contributed by atoms with Crippen LogP contribution in [0.1, 0.15) is 46.6 Å². The molecule has 0 radical (unpaired) electrons. The second-order valence-electron chi connectivity index (χ2n) is 10.5. The molecule has 3 atom stereocenters. The number of carbonyl (C=O) groups is 4. The van der Waals surface area contributed by atoms with Gasteiger partial charge in [0.1, 0.15) is 0 Å². The lowest BCUT2D eigenvalue weighted by Gasteiger charge is -2.36. The van der Waals surface area contributed by atoms with Gasteiger partial charge in [0.05, 0.1) is 18.2 Å². The number of ether oxygens (including phenoxy) is 1. The van der Waals surface area contributed by atoms with E-state index in [0.717, 1.165) is 15.4 Å². The molecular formula is C27H44N4O6. The normalized spacial score (nSPS) is 13.9. The van der Waals surface area contributed by atoms with Gasteiger partial charge < -0.3 is 30.3 Å². The van der Waals surface area contributed by atoms with Crippen molar-refractivity contribution in [1.29, 1.82) is 0 Å². The molecule has 37 heavy (non-hydrogen) atoms. The second-order valence-corrected chi connectivity index (χ2v) is 10.5. The first-order valence-electron chi connectivity index (χ1n) is 12.6. The molecule has 3 N–H and O–H groups in total. The minimum Gasteiger partial charge on any atom is -0.454 e. The fraction of sp³-hybridized carbons (Fsp3) is 0.630. The van der Waals surface area contributed by atoms with E-state index in [1.54, 1.807) is 7.05 Å². The van der Waals surface area contributed by atoms with E-state index in [4.69, 9.17) is 4.74 Å². The van der Waals surface area contributed by atoms with Crippen LogP contribution in [0.5, 0.6) is 0 Å². The SMILES string of the molecule is CNC(CC(C)C)C(=O)N(C)C(C(=O)OCC(=O)N(C)CC(=O)NC(C)Cc1ccccc1)C(C)(C)O. The molecule has 3 unspecified atom stereocenters. The number of hydrogen-bond donors (Lipinski definition) is 3. The summed E-state index contributed by atoms with van der Waals surface area (Å²) in [4.78, 5) is 53.1. The van der Waals surface area contributed by atoms with Gasteiger partial charge in [0.15, 0.2) is 12.6 Å². The van der Waals surface area contributed by atoms with Crippen LogP contribution in [0, 0.1) is 5.92 Å². The van der Waals surface area contributed by atoms with Gasteiger partial charge in [0.2, 0.25) is 11.8 Å². The van der Waals surface area contributed by atoms with Gasteiger partial charge in [0.25, 0.3) is 5.91 Å². The Morgan fingerprint density at radius 3 is 2.16 bits per heavy atom. The number of likely N-dealkylation sites (N-methyl/N-ethyl adjacent to an activating group) is 3. The molecule has 0 saturated heterocycles. The third-order valence-electron chi connectivity index (χ3n) is 5.92. The molecule has 10 nitrogen and oxygen atoms in total. The number of aliphatic hydroxyl groups is 1.